The number of nitrogens with two attached hydrogens (primary N) is 1. The highest BCUT2D eigenvalue weighted by Gasteiger charge is 2.14. The van der Waals surface area contributed by atoms with E-state index in [0.29, 0.717) is 24.7 Å². The summed E-state index contributed by atoms with van der Waals surface area (Å²) < 4.78 is 10.00. The van der Waals surface area contributed by atoms with Crippen LogP contribution >= 0.6 is 11.8 Å². The third kappa shape index (κ3) is 4.19. The summed E-state index contributed by atoms with van der Waals surface area (Å²) in [6, 6.07) is -0.224. The SMILES string of the molecule is CCSCc1noc(C(N)CCOC)n1. The molecule has 0 saturated heterocycles. The Hall–Kier alpha value is -0.590. The largest absolute Gasteiger partial charge is 0.385 e. The van der Waals surface area contributed by atoms with Gasteiger partial charge in [0.15, 0.2) is 5.82 Å². The Morgan fingerprint density at radius 3 is 3.07 bits per heavy atom. The summed E-state index contributed by atoms with van der Waals surface area (Å²) in [6.07, 6.45) is 0.694. The molecule has 0 fully saturated rings. The van der Waals surface area contributed by atoms with E-state index in [4.69, 9.17) is 15.0 Å². The van der Waals surface area contributed by atoms with Crippen LogP contribution in [0.5, 0.6) is 0 Å². The summed E-state index contributed by atoms with van der Waals surface area (Å²) in [5, 5.41) is 3.86. The van der Waals surface area contributed by atoms with Crippen molar-refractivity contribution in [3.63, 3.8) is 0 Å². The lowest BCUT2D eigenvalue weighted by molar-refractivity contribution is 0.182. The average Bonchev–Trinajstić information content (AvgIpc) is 2.71. The van der Waals surface area contributed by atoms with Gasteiger partial charge in [-0.3, -0.25) is 0 Å². The third-order valence-corrected chi connectivity index (χ3v) is 2.74. The Labute approximate surface area is 93.7 Å². The molecular weight excluding hydrogens is 214 g/mol. The first-order valence-corrected chi connectivity index (χ1v) is 6.08. The number of ether oxygens (including phenoxy) is 1. The van der Waals surface area contributed by atoms with Crippen molar-refractivity contribution in [3.8, 4) is 0 Å². The van der Waals surface area contributed by atoms with Crippen LogP contribution in [0.25, 0.3) is 0 Å². The van der Waals surface area contributed by atoms with Gasteiger partial charge in [-0.15, -0.1) is 0 Å². The molecule has 0 saturated carbocycles. The van der Waals surface area contributed by atoms with Crippen LogP contribution < -0.4 is 5.73 Å². The summed E-state index contributed by atoms with van der Waals surface area (Å²) in [6.45, 7) is 2.69. The van der Waals surface area contributed by atoms with Gasteiger partial charge in [-0.25, -0.2) is 0 Å². The molecule has 0 aliphatic heterocycles. The van der Waals surface area contributed by atoms with Crippen LogP contribution in [0.2, 0.25) is 0 Å². The first-order chi connectivity index (χ1) is 7.27. The van der Waals surface area contributed by atoms with E-state index in [1.54, 1.807) is 18.9 Å². The number of thioether (sulfide) groups is 1. The zero-order valence-corrected chi connectivity index (χ0v) is 9.92. The number of rotatable bonds is 7. The van der Waals surface area contributed by atoms with E-state index in [2.05, 4.69) is 17.1 Å². The predicted molar refractivity (Wildman–Crippen MR) is 59.6 cm³/mol. The third-order valence-electron chi connectivity index (χ3n) is 1.87. The fourth-order valence-electron chi connectivity index (χ4n) is 1.04. The van der Waals surface area contributed by atoms with Crippen LogP contribution in [-0.2, 0) is 10.5 Å². The molecule has 1 atom stereocenters. The summed E-state index contributed by atoms with van der Waals surface area (Å²) >= 11 is 1.75. The van der Waals surface area contributed by atoms with Gasteiger partial charge < -0.3 is 15.0 Å². The lowest BCUT2D eigenvalue weighted by Gasteiger charge is -2.04. The Morgan fingerprint density at radius 1 is 1.60 bits per heavy atom. The highest BCUT2D eigenvalue weighted by atomic mass is 32.2. The average molecular weight is 231 g/mol. The number of aromatic nitrogens is 2. The molecule has 0 aromatic carbocycles. The normalized spacial score (nSPS) is 13.0. The van der Waals surface area contributed by atoms with E-state index in [-0.39, 0.29) is 6.04 Å². The van der Waals surface area contributed by atoms with E-state index in [9.17, 15) is 0 Å². The van der Waals surface area contributed by atoms with Gasteiger partial charge in [0.05, 0.1) is 11.8 Å². The quantitative estimate of drug-likeness (QED) is 0.763. The second-order valence-corrected chi connectivity index (χ2v) is 4.35. The van der Waals surface area contributed by atoms with Crippen molar-refractivity contribution >= 4 is 11.8 Å². The van der Waals surface area contributed by atoms with Gasteiger partial charge in [-0.2, -0.15) is 16.7 Å². The molecule has 0 bridgehead atoms. The van der Waals surface area contributed by atoms with Crippen LogP contribution in [0.1, 0.15) is 31.1 Å². The summed E-state index contributed by atoms with van der Waals surface area (Å²) in [5.41, 5.74) is 5.84. The van der Waals surface area contributed by atoms with Crippen molar-refractivity contribution < 1.29 is 9.26 Å². The van der Waals surface area contributed by atoms with E-state index in [1.165, 1.54) is 0 Å². The van der Waals surface area contributed by atoms with Crippen molar-refractivity contribution in [1.82, 2.24) is 10.1 Å². The predicted octanol–water partition coefficient (Wildman–Crippen LogP) is 1.36. The molecule has 86 valence electrons. The molecule has 2 N–H and O–H groups in total. The maximum Gasteiger partial charge on any atom is 0.243 e. The van der Waals surface area contributed by atoms with Crippen molar-refractivity contribution in [3.05, 3.63) is 11.7 Å². The van der Waals surface area contributed by atoms with Crippen LogP contribution in [-0.4, -0.2) is 29.6 Å². The number of hydrogen-bond donors (Lipinski definition) is 1. The molecule has 1 heterocycles. The van der Waals surface area contributed by atoms with Crippen LogP contribution in [0.4, 0.5) is 0 Å². The van der Waals surface area contributed by atoms with Crippen LogP contribution in [0.3, 0.4) is 0 Å². The minimum absolute atomic E-state index is 0.224. The Morgan fingerprint density at radius 2 is 2.40 bits per heavy atom. The van der Waals surface area contributed by atoms with Gasteiger partial charge in [0.1, 0.15) is 0 Å². The van der Waals surface area contributed by atoms with Crippen molar-refractivity contribution in [2.24, 2.45) is 5.73 Å². The second kappa shape index (κ2) is 6.81. The second-order valence-electron chi connectivity index (χ2n) is 3.07. The molecular formula is C9H17N3O2S. The summed E-state index contributed by atoms with van der Waals surface area (Å²) in [4.78, 5) is 4.22. The van der Waals surface area contributed by atoms with Gasteiger partial charge in [-0.05, 0) is 12.2 Å². The minimum atomic E-state index is -0.224. The van der Waals surface area contributed by atoms with Gasteiger partial charge in [0.2, 0.25) is 5.89 Å². The Bertz CT molecular complexity index is 280. The molecule has 1 rings (SSSR count). The van der Waals surface area contributed by atoms with Crippen molar-refractivity contribution in [1.29, 1.82) is 0 Å². The highest BCUT2D eigenvalue weighted by molar-refractivity contribution is 7.98. The molecule has 1 aromatic heterocycles. The van der Waals surface area contributed by atoms with Gasteiger partial charge in [0, 0.05) is 13.7 Å². The number of nitrogens with zero attached hydrogens (tertiary/aromatic N) is 2. The fourth-order valence-corrected chi connectivity index (χ4v) is 1.54. The van der Waals surface area contributed by atoms with Gasteiger partial charge in [-0.1, -0.05) is 12.1 Å². The molecule has 5 nitrogen and oxygen atoms in total. The van der Waals surface area contributed by atoms with E-state index in [1.807, 2.05) is 0 Å². The fraction of sp³-hybridized carbons (Fsp3) is 0.778. The lowest BCUT2D eigenvalue weighted by Crippen LogP contribution is -2.13. The smallest absolute Gasteiger partial charge is 0.243 e. The number of hydrogen-bond acceptors (Lipinski definition) is 6. The first kappa shape index (κ1) is 12.5. The minimum Gasteiger partial charge on any atom is -0.385 e. The molecule has 0 radical (unpaired) electrons. The standard InChI is InChI=1S/C9H17N3O2S/c1-3-15-6-8-11-9(14-12-8)7(10)4-5-13-2/h7H,3-6,10H2,1-2H3. The first-order valence-electron chi connectivity index (χ1n) is 4.92. The molecule has 1 unspecified atom stereocenters. The summed E-state index contributed by atoms with van der Waals surface area (Å²) in [7, 11) is 1.64. The van der Waals surface area contributed by atoms with E-state index >= 15 is 0 Å². The Kier molecular flexibility index (Phi) is 5.67. The van der Waals surface area contributed by atoms with E-state index < -0.39 is 0 Å². The maximum atomic E-state index is 5.84. The zero-order chi connectivity index (χ0) is 11.1. The lowest BCUT2D eigenvalue weighted by atomic mass is 10.2. The molecule has 15 heavy (non-hydrogen) atoms. The molecule has 0 aliphatic carbocycles. The highest BCUT2D eigenvalue weighted by Crippen LogP contribution is 2.14. The maximum absolute atomic E-state index is 5.84. The van der Waals surface area contributed by atoms with Gasteiger partial charge in [0.25, 0.3) is 0 Å². The molecule has 0 spiro atoms. The Balaban J connectivity index is 2.43. The van der Waals surface area contributed by atoms with Crippen molar-refractivity contribution in [2.45, 2.75) is 25.1 Å². The molecule has 0 amide bonds. The van der Waals surface area contributed by atoms with Gasteiger partial charge >= 0.3 is 0 Å². The zero-order valence-electron chi connectivity index (χ0n) is 9.10. The summed E-state index contributed by atoms with van der Waals surface area (Å²) in [5.74, 6) is 3.03. The van der Waals surface area contributed by atoms with Crippen LogP contribution in [0, 0.1) is 0 Å². The van der Waals surface area contributed by atoms with Crippen molar-refractivity contribution in [2.75, 3.05) is 19.5 Å². The molecule has 1 aromatic rings. The van der Waals surface area contributed by atoms with Crippen LogP contribution in [0.15, 0.2) is 4.52 Å². The monoisotopic (exact) mass is 231 g/mol. The van der Waals surface area contributed by atoms with E-state index in [0.717, 1.165) is 11.5 Å². The number of methoxy groups -OCH3 is 1. The molecule has 0 aliphatic rings. The molecule has 6 heteroatoms. The topological polar surface area (TPSA) is 74.2 Å².